The molecule has 0 aliphatic heterocycles. The largest absolute Gasteiger partial charge is 0.495 e. The molecule has 4 aromatic rings. The number of methoxy groups -OCH3 is 1. The van der Waals surface area contributed by atoms with E-state index in [1.165, 1.54) is 5.56 Å². The minimum atomic E-state index is 0.756. The van der Waals surface area contributed by atoms with Crippen LogP contribution in [0, 0.1) is 0 Å². The molecule has 0 saturated heterocycles. The van der Waals surface area contributed by atoms with E-state index in [4.69, 9.17) is 9.72 Å². The van der Waals surface area contributed by atoms with Gasteiger partial charge in [0, 0.05) is 17.4 Å². The number of rotatable bonds is 6. The molecule has 0 aliphatic rings. The van der Waals surface area contributed by atoms with Gasteiger partial charge in [-0.2, -0.15) is 0 Å². The Morgan fingerprint density at radius 1 is 1.04 bits per heavy atom. The molecule has 0 fully saturated rings. The molecule has 4 nitrogen and oxygen atoms in total. The third kappa shape index (κ3) is 3.93. The summed E-state index contributed by atoms with van der Waals surface area (Å²) < 4.78 is 6.42. The zero-order chi connectivity index (χ0) is 18.6. The Labute approximate surface area is 162 Å². The summed E-state index contributed by atoms with van der Waals surface area (Å²) in [6.45, 7) is 2.20. The number of hydrogen-bond donors (Lipinski definition) is 1. The molecule has 0 saturated carbocycles. The van der Waals surface area contributed by atoms with Crippen LogP contribution in [0.25, 0.3) is 21.3 Å². The zero-order valence-electron chi connectivity index (χ0n) is 15.4. The molecule has 0 bridgehead atoms. The average molecular weight is 375 g/mol. The highest BCUT2D eigenvalue weighted by Crippen LogP contribution is 2.32. The standard InChI is InChI=1S/C22H21N3OS/c1-3-5-15-6-4-7-18(10-15)24-22-25-20-9-8-16(12-21(20)27-22)17-11-19(26-2)14-23-13-17/h4,6-14H,3,5H2,1-2H3,(H,24,25). The van der Waals surface area contributed by atoms with Crippen molar-refractivity contribution in [1.29, 1.82) is 0 Å². The summed E-state index contributed by atoms with van der Waals surface area (Å²) in [4.78, 5) is 8.97. The number of aromatic nitrogens is 2. The maximum absolute atomic E-state index is 5.28. The molecule has 27 heavy (non-hydrogen) atoms. The minimum absolute atomic E-state index is 0.756. The summed E-state index contributed by atoms with van der Waals surface area (Å²) in [6, 6.07) is 16.8. The van der Waals surface area contributed by atoms with Crippen molar-refractivity contribution in [3.05, 3.63) is 66.5 Å². The van der Waals surface area contributed by atoms with Gasteiger partial charge in [0.25, 0.3) is 0 Å². The van der Waals surface area contributed by atoms with E-state index in [-0.39, 0.29) is 0 Å². The number of thiazole rings is 1. The second-order valence-corrected chi connectivity index (χ2v) is 7.42. The first-order valence-electron chi connectivity index (χ1n) is 9.01. The molecule has 0 radical (unpaired) electrons. The lowest BCUT2D eigenvalue weighted by atomic mass is 10.1. The number of aryl methyl sites for hydroxylation is 1. The Morgan fingerprint density at radius 2 is 1.96 bits per heavy atom. The monoisotopic (exact) mass is 375 g/mol. The summed E-state index contributed by atoms with van der Waals surface area (Å²) in [7, 11) is 1.65. The first-order valence-corrected chi connectivity index (χ1v) is 9.83. The molecule has 0 aliphatic carbocycles. The van der Waals surface area contributed by atoms with Crippen LogP contribution in [0.3, 0.4) is 0 Å². The summed E-state index contributed by atoms with van der Waals surface area (Å²) in [5, 5.41) is 4.35. The van der Waals surface area contributed by atoms with Gasteiger partial charge >= 0.3 is 0 Å². The average Bonchev–Trinajstić information content (AvgIpc) is 3.10. The molecule has 5 heteroatoms. The maximum Gasteiger partial charge on any atom is 0.188 e. The van der Waals surface area contributed by atoms with Crippen molar-refractivity contribution < 1.29 is 4.74 Å². The predicted octanol–water partition coefficient (Wildman–Crippen LogP) is 6.06. The van der Waals surface area contributed by atoms with Gasteiger partial charge in [0.2, 0.25) is 0 Å². The van der Waals surface area contributed by atoms with Crippen molar-refractivity contribution in [3.63, 3.8) is 0 Å². The number of ether oxygens (including phenoxy) is 1. The van der Waals surface area contributed by atoms with E-state index in [0.717, 1.165) is 50.8 Å². The highest BCUT2D eigenvalue weighted by atomic mass is 32.1. The smallest absolute Gasteiger partial charge is 0.188 e. The fraction of sp³-hybridized carbons (Fsp3) is 0.182. The second kappa shape index (κ2) is 7.76. The van der Waals surface area contributed by atoms with Gasteiger partial charge in [0.1, 0.15) is 5.75 Å². The molecule has 4 rings (SSSR count). The molecular weight excluding hydrogens is 354 g/mol. The van der Waals surface area contributed by atoms with Crippen LogP contribution < -0.4 is 10.1 Å². The molecule has 0 spiro atoms. The number of nitrogens with zero attached hydrogens (tertiary/aromatic N) is 2. The van der Waals surface area contributed by atoms with Crippen molar-refractivity contribution in [1.82, 2.24) is 9.97 Å². The van der Waals surface area contributed by atoms with Gasteiger partial charge in [-0.15, -0.1) is 0 Å². The SMILES string of the molecule is CCCc1cccc(Nc2nc3ccc(-c4cncc(OC)c4)cc3s2)c1. The molecule has 2 aromatic heterocycles. The van der Waals surface area contributed by atoms with Crippen molar-refractivity contribution in [3.8, 4) is 16.9 Å². The van der Waals surface area contributed by atoms with Crippen molar-refractivity contribution in [2.75, 3.05) is 12.4 Å². The van der Waals surface area contributed by atoms with Crippen molar-refractivity contribution in [2.24, 2.45) is 0 Å². The Kier molecular flexibility index (Phi) is 5.03. The van der Waals surface area contributed by atoms with E-state index in [2.05, 4.69) is 59.7 Å². The number of nitrogens with one attached hydrogen (secondary N) is 1. The van der Waals surface area contributed by atoms with Crippen LogP contribution in [0.1, 0.15) is 18.9 Å². The van der Waals surface area contributed by atoms with Crippen LogP contribution >= 0.6 is 11.3 Å². The predicted molar refractivity (Wildman–Crippen MR) is 113 cm³/mol. The summed E-state index contributed by atoms with van der Waals surface area (Å²) >= 11 is 1.66. The van der Waals surface area contributed by atoms with E-state index in [1.807, 2.05) is 12.3 Å². The van der Waals surface area contributed by atoms with Crippen LogP contribution in [0.15, 0.2) is 60.9 Å². The van der Waals surface area contributed by atoms with Gasteiger partial charge < -0.3 is 10.1 Å². The van der Waals surface area contributed by atoms with Crippen LogP contribution in [0.4, 0.5) is 10.8 Å². The first-order chi connectivity index (χ1) is 13.2. The molecule has 0 atom stereocenters. The minimum Gasteiger partial charge on any atom is -0.495 e. The van der Waals surface area contributed by atoms with E-state index in [9.17, 15) is 0 Å². The first kappa shape index (κ1) is 17.5. The van der Waals surface area contributed by atoms with E-state index < -0.39 is 0 Å². The van der Waals surface area contributed by atoms with Crippen molar-refractivity contribution >= 4 is 32.4 Å². The van der Waals surface area contributed by atoms with Crippen LogP contribution in [-0.4, -0.2) is 17.1 Å². The van der Waals surface area contributed by atoms with Gasteiger partial charge in [0.15, 0.2) is 5.13 Å². The van der Waals surface area contributed by atoms with E-state index >= 15 is 0 Å². The van der Waals surface area contributed by atoms with E-state index in [1.54, 1.807) is 24.6 Å². The molecule has 0 unspecified atom stereocenters. The Bertz CT molecular complexity index is 1070. The third-order valence-electron chi connectivity index (χ3n) is 4.39. The highest BCUT2D eigenvalue weighted by molar-refractivity contribution is 7.22. The fourth-order valence-corrected chi connectivity index (χ4v) is 3.99. The lowest BCUT2D eigenvalue weighted by molar-refractivity contribution is 0.413. The number of anilines is 2. The number of fused-ring (bicyclic) bond motifs is 1. The van der Waals surface area contributed by atoms with Crippen LogP contribution in [-0.2, 0) is 6.42 Å². The lowest BCUT2D eigenvalue weighted by Gasteiger charge is -2.04. The van der Waals surface area contributed by atoms with E-state index in [0.29, 0.717) is 0 Å². The number of hydrogen-bond acceptors (Lipinski definition) is 5. The van der Waals surface area contributed by atoms with Gasteiger partial charge in [-0.05, 0) is 47.9 Å². The van der Waals surface area contributed by atoms with Gasteiger partial charge in [-0.3, -0.25) is 4.98 Å². The quantitative estimate of drug-likeness (QED) is 0.445. The second-order valence-electron chi connectivity index (χ2n) is 6.39. The summed E-state index contributed by atoms with van der Waals surface area (Å²) in [5.41, 5.74) is 5.56. The topological polar surface area (TPSA) is 47.0 Å². The summed E-state index contributed by atoms with van der Waals surface area (Å²) in [6.07, 6.45) is 5.80. The normalized spacial score (nSPS) is 10.9. The van der Waals surface area contributed by atoms with Crippen LogP contribution in [0.2, 0.25) is 0 Å². The Morgan fingerprint density at radius 3 is 2.81 bits per heavy atom. The summed E-state index contributed by atoms with van der Waals surface area (Å²) in [5.74, 6) is 0.756. The lowest BCUT2D eigenvalue weighted by Crippen LogP contribution is -1.91. The maximum atomic E-state index is 5.28. The highest BCUT2D eigenvalue weighted by Gasteiger charge is 2.08. The third-order valence-corrected chi connectivity index (χ3v) is 5.32. The molecule has 2 heterocycles. The van der Waals surface area contributed by atoms with Gasteiger partial charge in [-0.1, -0.05) is 42.9 Å². The van der Waals surface area contributed by atoms with Crippen LogP contribution in [0.5, 0.6) is 5.75 Å². The Hall–Kier alpha value is -2.92. The number of benzene rings is 2. The van der Waals surface area contributed by atoms with Crippen molar-refractivity contribution in [2.45, 2.75) is 19.8 Å². The number of pyridine rings is 1. The Balaban J connectivity index is 1.62. The van der Waals surface area contributed by atoms with Gasteiger partial charge in [0.05, 0.1) is 23.5 Å². The van der Waals surface area contributed by atoms with Gasteiger partial charge in [-0.25, -0.2) is 4.98 Å². The molecule has 0 amide bonds. The zero-order valence-corrected chi connectivity index (χ0v) is 16.2. The molecule has 136 valence electrons. The molecule has 2 aromatic carbocycles. The fourth-order valence-electron chi connectivity index (χ4n) is 3.06. The molecule has 1 N–H and O–H groups in total. The molecular formula is C22H21N3OS.